The van der Waals surface area contributed by atoms with Crippen LogP contribution in [0.5, 0.6) is 5.75 Å². The summed E-state index contributed by atoms with van der Waals surface area (Å²) in [6.45, 7) is 0. The average Bonchev–Trinajstić information content (AvgIpc) is 2.19. The number of hydrogen-bond donors (Lipinski definition) is 1. The molecule has 0 N–H and O–H groups in total. The highest BCUT2D eigenvalue weighted by Crippen LogP contribution is 2.17. The highest BCUT2D eigenvalue weighted by molar-refractivity contribution is 7.90. The van der Waals surface area contributed by atoms with Gasteiger partial charge in [-0.1, -0.05) is 0 Å². The van der Waals surface area contributed by atoms with Crippen molar-refractivity contribution in [2.75, 3.05) is 5.94 Å². The van der Waals surface area contributed by atoms with Crippen LogP contribution in [0.4, 0.5) is 0 Å². The Balaban J connectivity index is 3.04. The fraction of sp³-hybridized carbons (Fsp3) is 0.143. The van der Waals surface area contributed by atoms with Crippen molar-refractivity contribution in [2.45, 2.75) is 4.90 Å². The molecule has 0 saturated carbocycles. The summed E-state index contributed by atoms with van der Waals surface area (Å²) in [4.78, 5) is 2.16. The molecule has 0 atom stereocenters. The minimum Gasteiger partial charge on any atom is -0.483 e. The van der Waals surface area contributed by atoms with Crippen molar-refractivity contribution >= 4 is 22.7 Å². The quantitative estimate of drug-likeness (QED) is 0.289. The smallest absolute Gasteiger partial charge is 0.264 e. The Morgan fingerprint density at radius 1 is 1.40 bits per heavy atom. The molecule has 80 valence electrons. The molecule has 0 spiro atoms. The van der Waals surface area contributed by atoms with Gasteiger partial charge in [-0.2, -0.15) is 0 Å². The lowest BCUT2D eigenvalue weighted by atomic mass is 10.3. The number of rotatable bonds is 4. The number of azide groups is 1. The van der Waals surface area contributed by atoms with Gasteiger partial charge >= 0.3 is 0 Å². The van der Waals surface area contributed by atoms with Crippen LogP contribution in [0, 0.1) is 0 Å². The van der Waals surface area contributed by atoms with Gasteiger partial charge in [0, 0.05) is 9.43 Å². The minimum absolute atomic E-state index is 0.0770. The molecule has 1 rings (SSSR count). The van der Waals surface area contributed by atoms with Gasteiger partial charge in [-0.05, 0) is 29.8 Å². The van der Waals surface area contributed by atoms with Gasteiger partial charge in [-0.25, -0.2) is 8.42 Å². The first kappa shape index (κ1) is 11.7. The summed E-state index contributed by atoms with van der Waals surface area (Å²) >= 11 is 3.84. The van der Waals surface area contributed by atoms with Gasteiger partial charge in [0.2, 0.25) is 0 Å². The van der Waals surface area contributed by atoms with Crippen molar-refractivity contribution in [2.24, 2.45) is 4.52 Å². The molecule has 0 aliphatic heterocycles. The number of hydrogen-bond acceptors (Lipinski definition) is 4. The Kier molecular flexibility index (Phi) is 3.84. The number of nitrogens with zero attached hydrogens (tertiary/aromatic N) is 3. The van der Waals surface area contributed by atoms with Crippen molar-refractivity contribution < 1.29 is 13.2 Å². The van der Waals surface area contributed by atoms with Crippen LogP contribution >= 0.6 is 12.6 Å². The van der Waals surface area contributed by atoms with Crippen LogP contribution in [0.1, 0.15) is 0 Å². The summed E-state index contributed by atoms with van der Waals surface area (Å²) in [6.07, 6.45) is 0. The summed E-state index contributed by atoms with van der Waals surface area (Å²) in [5, 5.41) is 0. The molecule has 0 bridgehead atoms. The SMILES string of the molecule is [N-]=[N+]=NS(=O)(=O)c1ccc(OCS)cc1. The lowest BCUT2D eigenvalue weighted by molar-refractivity contribution is 0.394. The fourth-order valence-corrected chi connectivity index (χ4v) is 1.70. The van der Waals surface area contributed by atoms with E-state index in [0.717, 1.165) is 0 Å². The zero-order chi connectivity index (χ0) is 11.3. The van der Waals surface area contributed by atoms with Gasteiger partial charge in [-0.15, -0.1) is 12.6 Å². The van der Waals surface area contributed by atoms with Crippen LogP contribution in [-0.2, 0) is 10.0 Å². The van der Waals surface area contributed by atoms with Gasteiger partial charge in [0.05, 0.1) is 4.90 Å². The van der Waals surface area contributed by atoms with Crippen molar-refractivity contribution in [3.05, 3.63) is 34.7 Å². The first-order valence-corrected chi connectivity index (χ1v) is 5.82. The van der Waals surface area contributed by atoms with Crippen molar-refractivity contribution in [3.8, 4) is 5.75 Å². The standard InChI is InChI=1S/C7H7N3O3S2/c8-9-10-15(11,12)7-3-1-6(2-4-7)13-5-14/h1-4,14H,5H2. The molecule has 15 heavy (non-hydrogen) atoms. The van der Waals surface area contributed by atoms with Crippen LogP contribution in [-0.4, -0.2) is 14.4 Å². The lowest BCUT2D eigenvalue weighted by Crippen LogP contribution is -1.95. The van der Waals surface area contributed by atoms with E-state index >= 15 is 0 Å². The topological polar surface area (TPSA) is 92.1 Å². The maximum absolute atomic E-state index is 11.2. The molecule has 0 radical (unpaired) electrons. The van der Waals surface area contributed by atoms with Crippen molar-refractivity contribution in [1.29, 1.82) is 0 Å². The van der Waals surface area contributed by atoms with E-state index in [-0.39, 0.29) is 10.8 Å². The highest BCUT2D eigenvalue weighted by atomic mass is 32.2. The van der Waals surface area contributed by atoms with Gasteiger partial charge < -0.3 is 4.74 Å². The van der Waals surface area contributed by atoms with Crippen LogP contribution in [0.2, 0.25) is 0 Å². The predicted octanol–water partition coefficient (Wildman–Crippen LogP) is 1.95. The largest absolute Gasteiger partial charge is 0.483 e. The van der Waals surface area contributed by atoms with E-state index in [1.807, 2.05) is 0 Å². The third kappa shape index (κ3) is 3.05. The maximum Gasteiger partial charge on any atom is 0.264 e. The van der Waals surface area contributed by atoms with E-state index in [1.54, 1.807) is 0 Å². The molecule has 0 saturated heterocycles. The molecule has 0 heterocycles. The van der Waals surface area contributed by atoms with Gasteiger partial charge in [0.25, 0.3) is 10.0 Å². The van der Waals surface area contributed by atoms with E-state index in [4.69, 9.17) is 10.3 Å². The molecule has 1 aromatic rings. The summed E-state index contributed by atoms with van der Waals surface area (Å²) in [5.74, 6) is 0.688. The van der Waals surface area contributed by atoms with Crippen LogP contribution in [0.3, 0.4) is 0 Å². The summed E-state index contributed by atoms with van der Waals surface area (Å²) in [5.41, 5.74) is 8.05. The zero-order valence-corrected chi connectivity index (χ0v) is 9.15. The Bertz CT molecular complexity index is 477. The molecule has 1 aromatic carbocycles. The highest BCUT2D eigenvalue weighted by Gasteiger charge is 2.11. The fourth-order valence-electron chi connectivity index (χ4n) is 0.878. The first-order chi connectivity index (χ1) is 7.10. The molecule has 0 fully saturated rings. The third-order valence-corrected chi connectivity index (χ3v) is 2.78. The monoisotopic (exact) mass is 245 g/mol. The molecule has 0 amide bonds. The minimum atomic E-state index is -3.91. The van der Waals surface area contributed by atoms with E-state index in [0.29, 0.717) is 5.75 Å². The molecule has 8 heteroatoms. The van der Waals surface area contributed by atoms with Crippen LogP contribution in [0.25, 0.3) is 10.4 Å². The predicted molar refractivity (Wildman–Crippen MR) is 57.3 cm³/mol. The van der Waals surface area contributed by atoms with Gasteiger partial charge in [0.15, 0.2) is 0 Å². The molecule has 0 aliphatic rings. The second kappa shape index (κ2) is 4.92. The molecule has 0 aromatic heterocycles. The zero-order valence-electron chi connectivity index (χ0n) is 7.44. The normalized spacial score (nSPS) is 10.5. The number of thiol groups is 1. The lowest BCUT2D eigenvalue weighted by Gasteiger charge is -2.02. The average molecular weight is 245 g/mol. The Labute approximate surface area is 92.0 Å². The molecule has 0 aliphatic carbocycles. The molecular weight excluding hydrogens is 238 g/mol. The maximum atomic E-state index is 11.2. The van der Waals surface area contributed by atoms with E-state index < -0.39 is 10.0 Å². The molecule has 0 unspecified atom stereocenters. The molecular formula is C7H7N3O3S2. The second-order valence-electron chi connectivity index (χ2n) is 2.39. The van der Waals surface area contributed by atoms with Crippen molar-refractivity contribution in [1.82, 2.24) is 0 Å². The Morgan fingerprint density at radius 2 is 2.00 bits per heavy atom. The summed E-state index contributed by atoms with van der Waals surface area (Å²) in [6, 6.07) is 5.50. The second-order valence-corrected chi connectivity index (χ2v) is 4.23. The summed E-state index contributed by atoms with van der Waals surface area (Å²) in [7, 11) is -3.91. The molecule has 6 nitrogen and oxygen atoms in total. The van der Waals surface area contributed by atoms with Crippen LogP contribution < -0.4 is 4.74 Å². The van der Waals surface area contributed by atoms with Crippen LogP contribution in [0.15, 0.2) is 33.7 Å². The van der Waals surface area contributed by atoms with E-state index in [2.05, 4.69) is 22.1 Å². The number of ether oxygens (including phenoxy) is 1. The van der Waals surface area contributed by atoms with Crippen molar-refractivity contribution in [3.63, 3.8) is 0 Å². The first-order valence-electron chi connectivity index (χ1n) is 3.75. The van der Waals surface area contributed by atoms with E-state index in [9.17, 15) is 8.42 Å². The van der Waals surface area contributed by atoms with Gasteiger partial charge in [0.1, 0.15) is 11.7 Å². The third-order valence-electron chi connectivity index (χ3n) is 1.50. The number of benzene rings is 1. The number of sulfonamides is 1. The Hall–Kier alpha value is -1.37. The van der Waals surface area contributed by atoms with E-state index in [1.165, 1.54) is 24.3 Å². The van der Waals surface area contributed by atoms with Gasteiger partial charge in [-0.3, -0.25) is 0 Å². The summed E-state index contributed by atoms with van der Waals surface area (Å²) < 4.78 is 30.1. The Morgan fingerprint density at radius 3 is 2.47 bits per heavy atom.